The first kappa shape index (κ1) is 77.3. The highest BCUT2D eigenvalue weighted by Crippen LogP contribution is 2.59. The van der Waals surface area contributed by atoms with Crippen LogP contribution in [0, 0.1) is 11.8 Å². The van der Waals surface area contributed by atoms with Crippen molar-refractivity contribution in [3.05, 3.63) is 265 Å². The third kappa shape index (κ3) is 15.7. The van der Waals surface area contributed by atoms with Gasteiger partial charge in [-0.05, 0) is 142 Å². The van der Waals surface area contributed by atoms with Crippen molar-refractivity contribution in [2.45, 2.75) is 77.0 Å². The summed E-state index contributed by atoms with van der Waals surface area (Å²) in [4.78, 5) is 105. The van der Waals surface area contributed by atoms with Crippen molar-refractivity contribution >= 4 is 78.5 Å². The molecule has 6 amide bonds. The van der Waals surface area contributed by atoms with E-state index in [-0.39, 0.29) is 118 Å². The van der Waals surface area contributed by atoms with Gasteiger partial charge in [-0.25, -0.2) is 0 Å². The first-order valence-corrected chi connectivity index (χ1v) is 41.5. The van der Waals surface area contributed by atoms with Crippen molar-refractivity contribution < 1.29 is 66.7 Å². The number of amides is 6. The van der Waals surface area contributed by atoms with E-state index in [1.165, 1.54) is 0 Å². The van der Waals surface area contributed by atoms with E-state index in [2.05, 4.69) is 20.4 Å². The van der Waals surface area contributed by atoms with Gasteiger partial charge in [-0.15, -0.1) is 0 Å². The number of benzene rings is 13. The zero-order chi connectivity index (χ0) is 81.8. The first-order valence-electron chi connectivity index (χ1n) is 41.5. The molecule has 13 aromatic carbocycles. The molecule has 6 aliphatic rings. The monoisotopic (exact) mass is 1600 g/mol. The Morgan fingerprint density at radius 3 is 0.900 bits per heavy atom. The molecule has 0 spiro atoms. The third-order valence-corrected chi connectivity index (χ3v) is 23.5. The maximum atomic E-state index is 16.8. The van der Waals surface area contributed by atoms with Gasteiger partial charge in [0.2, 0.25) is 11.8 Å². The normalized spacial score (nSPS) is 17.2. The largest absolute Gasteiger partial charge is 0.457 e. The SMILES string of the molecule is CC(C)CC(C(=O)NCCN(CC1CO1)CC1CO1)N1C(=O)c2cc(Oc3ccc(-c4ccccc4)cc3)c3c4c(Oc5ccc(-c6ccccc6)cc5)cc5c6c(cc(Oc7ccc(-c8ccccc8)cc7)c(c7c(Oc8ccc(-c9ccccc9)cc8)cc(c2c37)C1=O)c64)C(=O)N(C(CC(C)C)C(=O)NCCN(CC1CO1)C1COC1)C5=O. The molecule has 13 aromatic rings. The molecule has 120 heavy (non-hydrogen) atoms. The lowest BCUT2D eigenvalue weighted by Gasteiger charge is -2.37. The highest BCUT2D eigenvalue weighted by Gasteiger charge is 2.47. The molecule has 2 N–H and O–H groups in total. The number of carbonyl (C=O) groups excluding carboxylic acids is 6. The minimum Gasteiger partial charge on any atom is -0.457 e. The number of hydrogen-bond donors (Lipinski definition) is 2. The Bertz CT molecular complexity index is 5480. The van der Waals surface area contributed by atoms with Crippen molar-refractivity contribution in [3.63, 3.8) is 0 Å². The molecule has 5 unspecified atom stereocenters. The molecule has 0 bridgehead atoms. The second-order valence-corrected chi connectivity index (χ2v) is 32.8. The zero-order valence-electron chi connectivity index (χ0n) is 67.1. The summed E-state index contributed by atoms with van der Waals surface area (Å²) >= 11 is 0. The molecule has 604 valence electrons. The van der Waals surface area contributed by atoms with Crippen LogP contribution in [0.25, 0.3) is 87.6 Å². The van der Waals surface area contributed by atoms with Crippen LogP contribution in [0.5, 0.6) is 46.0 Å². The van der Waals surface area contributed by atoms with Gasteiger partial charge < -0.3 is 48.5 Å². The van der Waals surface area contributed by atoms with Crippen LogP contribution in [0.4, 0.5) is 0 Å². The number of nitrogens with one attached hydrogen (secondary N) is 2. The van der Waals surface area contributed by atoms with E-state index in [4.69, 9.17) is 37.9 Å². The summed E-state index contributed by atoms with van der Waals surface area (Å²) < 4.78 is 52.5. The van der Waals surface area contributed by atoms with Crippen LogP contribution in [-0.2, 0) is 28.5 Å². The Balaban J connectivity index is 0.872. The van der Waals surface area contributed by atoms with Crippen LogP contribution in [0.15, 0.2) is 243 Å². The minimum absolute atomic E-state index is 0.0324. The van der Waals surface area contributed by atoms with Crippen molar-refractivity contribution in [3.8, 4) is 90.5 Å². The summed E-state index contributed by atoms with van der Waals surface area (Å²) in [6.07, 6.45) is 0.465. The first-order chi connectivity index (χ1) is 58.6. The van der Waals surface area contributed by atoms with E-state index in [1.807, 2.05) is 246 Å². The number of fused-ring (bicyclic) bond motifs is 2. The smallest absolute Gasteiger partial charge is 0.262 e. The molecule has 0 aromatic heterocycles. The van der Waals surface area contributed by atoms with Gasteiger partial charge >= 0.3 is 0 Å². The summed E-state index contributed by atoms with van der Waals surface area (Å²) in [6, 6.07) is 74.2. The van der Waals surface area contributed by atoms with E-state index in [0.717, 1.165) is 54.3 Å². The molecule has 0 aliphatic carbocycles. The number of imide groups is 2. The van der Waals surface area contributed by atoms with Gasteiger partial charge in [-0.2, -0.15) is 0 Å². The van der Waals surface area contributed by atoms with Gasteiger partial charge in [0, 0.05) is 88.9 Å². The summed E-state index contributed by atoms with van der Waals surface area (Å²) in [5.74, 6) is -2.66. The Morgan fingerprint density at radius 2 is 0.633 bits per heavy atom. The number of epoxide rings is 3. The fraction of sp³-hybridized carbons (Fsp3) is 0.260. The summed E-state index contributed by atoms with van der Waals surface area (Å²) in [5, 5.41) is 8.50. The average molecular weight is 1600 g/mol. The molecule has 6 heterocycles. The molecule has 0 radical (unpaired) electrons. The standard InChI is InChI=1S/C100H90N6O14/c1-59(2)45-81(95(107)101-41-43-103(51-74-56-114-74)52-75-57-115-75)105-97(109)77-47-83(117-70-33-25-65(26-34-70)61-17-9-5-10-18-61)89-91-85(119-72-37-29-67(30-38-72)63-21-13-7-14-22-63)49-79-88-80(100(112)106(99(79)111)82(46-60(3)4)96(108)102-42-44-104(53-76-58-116-76)69-54-113-55-69)50-86(120-73-39-31-68(32-40-73)64-23-15-8-16-24-64)92(94(88)91)90-84(48-78(98(105)110)87(77)93(89)90)118-71-35-27-66(28-36-71)62-19-11-6-12-20-62/h5-40,47-50,59-60,69,74-76,81-82H,41-46,51-58H2,1-4H3,(H,101,107)(H,102,108). The molecule has 20 nitrogen and oxygen atoms in total. The highest BCUT2D eigenvalue weighted by atomic mass is 16.6. The fourth-order valence-electron chi connectivity index (χ4n) is 17.2. The van der Waals surface area contributed by atoms with E-state index < -0.39 is 47.5 Å². The molecule has 6 aliphatic heterocycles. The Labute approximate surface area is 694 Å². The summed E-state index contributed by atoms with van der Waals surface area (Å²) in [6.45, 7) is 14.2. The Morgan fingerprint density at radius 1 is 0.358 bits per heavy atom. The average Bonchev–Trinajstić information content (AvgIpc) is 0.959. The quantitative estimate of drug-likeness (QED) is 0.0169. The minimum atomic E-state index is -1.32. The number of nitrogens with zero attached hydrogens (tertiary/aromatic N) is 4. The van der Waals surface area contributed by atoms with Gasteiger partial charge in [-0.3, -0.25) is 48.4 Å². The summed E-state index contributed by atoms with van der Waals surface area (Å²) in [5.41, 5.74) is 7.57. The predicted octanol–water partition coefficient (Wildman–Crippen LogP) is 18.0. The fourth-order valence-corrected chi connectivity index (χ4v) is 17.2. The molecule has 4 saturated heterocycles. The zero-order valence-corrected chi connectivity index (χ0v) is 67.1. The topological polar surface area (TPSA) is 223 Å². The highest BCUT2D eigenvalue weighted by molar-refractivity contribution is 6.45. The van der Waals surface area contributed by atoms with E-state index in [0.29, 0.717) is 121 Å². The maximum absolute atomic E-state index is 16.8. The van der Waals surface area contributed by atoms with Crippen molar-refractivity contribution in [2.75, 3.05) is 78.8 Å². The van der Waals surface area contributed by atoms with Gasteiger partial charge in [0.15, 0.2) is 0 Å². The Kier molecular flexibility index (Phi) is 21.2. The molecular formula is C100H90N6O14. The number of rotatable bonds is 33. The van der Waals surface area contributed by atoms with Crippen LogP contribution in [-0.4, -0.2) is 170 Å². The molecule has 0 saturated carbocycles. The van der Waals surface area contributed by atoms with Crippen LogP contribution < -0.4 is 29.6 Å². The molecule has 20 heteroatoms. The number of ether oxygens (including phenoxy) is 8. The van der Waals surface area contributed by atoms with Crippen LogP contribution in [0.1, 0.15) is 82.0 Å². The molecule has 4 fully saturated rings. The van der Waals surface area contributed by atoms with E-state index >= 15 is 28.8 Å². The predicted molar refractivity (Wildman–Crippen MR) is 461 cm³/mol. The molecular weight excluding hydrogens is 1510 g/mol. The van der Waals surface area contributed by atoms with Crippen LogP contribution in [0.2, 0.25) is 0 Å². The van der Waals surface area contributed by atoms with Gasteiger partial charge in [0.25, 0.3) is 23.6 Å². The number of carbonyl (C=O) groups is 6. The second-order valence-electron chi connectivity index (χ2n) is 32.8. The summed E-state index contributed by atoms with van der Waals surface area (Å²) in [7, 11) is 0. The molecule has 5 atom stereocenters. The second kappa shape index (κ2) is 32.9. The Hall–Kier alpha value is -12.7. The lowest BCUT2D eigenvalue weighted by Crippen LogP contribution is -2.56. The van der Waals surface area contributed by atoms with Crippen LogP contribution >= 0.6 is 0 Å². The van der Waals surface area contributed by atoms with Crippen LogP contribution in [0.3, 0.4) is 0 Å². The van der Waals surface area contributed by atoms with Gasteiger partial charge in [0.05, 0.1) is 79.6 Å². The van der Waals surface area contributed by atoms with Gasteiger partial charge in [0.1, 0.15) is 58.1 Å². The number of hydrogen-bond acceptors (Lipinski definition) is 16. The lowest BCUT2D eigenvalue weighted by atomic mass is 9.80. The van der Waals surface area contributed by atoms with Crippen molar-refractivity contribution in [1.82, 2.24) is 30.2 Å². The maximum Gasteiger partial charge on any atom is 0.262 e. The van der Waals surface area contributed by atoms with Crippen molar-refractivity contribution in [1.29, 1.82) is 0 Å². The van der Waals surface area contributed by atoms with Gasteiger partial charge in [-0.1, -0.05) is 198 Å². The van der Waals surface area contributed by atoms with E-state index in [1.54, 1.807) is 24.3 Å². The third-order valence-electron chi connectivity index (χ3n) is 23.5. The van der Waals surface area contributed by atoms with E-state index in [9.17, 15) is 0 Å². The molecule has 19 rings (SSSR count). The lowest BCUT2D eigenvalue weighted by molar-refractivity contribution is -0.126. The van der Waals surface area contributed by atoms with Crippen molar-refractivity contribution in [2.24, 2.45) is 11.8 Å².